The Morgan fingerprint density at radius 3 is 2.06 bits per heavy atom. The van der Waals surface area contributed by atoms with E-state index in [1.54, 1.807) is 6.92 Å². The number of aliphatic hydroxyl groups is 1. The van der Waals surface area contributed by atoms with Gasteiger partial charge < -0.3 is 19.3 Å². The fourth-order valence-electron chi connectivity index (χ4n) is 3.98. The molecule has 0 heterocycles. The number of aliphatic hydroxyl groups excluding tert-OH is 1. The van der Waals surface area contributed by atoms with Gasteiger partial charge in [-0.05, 0) is 67.0 Å². The highest BCUT2D eigenvalue weighted by Gasteiger charge is 2.31. The topological polar surface area (TPSA) is 65.0 Å². The van der Waals surface area contributed by atoms with Crippen LogP contribution in [-0.2, 0) is 14.9 Å². The molecule has 0 aliphatic rings. The first-order valence-electron chi connectivity index (χ1n) is 11.9. The maximum Gasteiger partial charge on any atom is 0.344 e. The van der Waals surface area contributed by atoms with E-state index in [1.807, 2.05) is 45.9 Å². The van der Waals surface area contributed by atoms with Gasteiger partial charge in [0.05, 0.1) is 12.7 Å². The molecule has 0 amide bonds. The van der Waals surface area contributed by atoms with E-state index in [9.17, 15) is 9.90 Å². The minimum atomic E-state index is -0.536. The van der Waals surface area contributed by atoms with Crippen LogP contribution in [0.2, 0.25) is 0 Å². The Bertz CT molecular complexity index is 891. The number of esters is 1. The second kappa shape index (κ2) is 11.6. The Labute approximate surface area is 199 Å². The molecule has 0 aliphatic heterocycles. The Hall–Kier alpha value is -2.53. The van der Waals surface area contributed by atoms with E-state index in [0.717, 1.165) is 24.2 Å². The second-order valence-electron chi connectivity index (χ2n) is 9.58. The van der Waals surface area contributed by atoms with Crippen molar-refractivity contribution < 1.29 is 24.1 Å². The van der Waals surface area contributed by atoms with Crippen LogP contribution < -0.4 is 9.47 Å². The zero-order valence-electron chi connectivity index (χ0n) is 21.2. The first-order chi connectivity index (χ1) is 15.6. The van der Waals surface area contributed by atoms with Crippen LogP contribution in [0.25, 0.3) is 0 Å². The molecule has 182 valence electrons. The van der Waals surface area contributed by atoms with E-state index >= 15 is 0 Å². The molecule has 5 nitrogen and oxygen atoms in total. The molecule has 0 saturated carbocycles. The summed E-state index contributed by atoms with van der Waals surface area (Å²) in [5.74, 6) is 1.07. The number of carbonyl (C=O) groups excluding carboxylic acids is 1. The smallest absolute Gasteiger partial charge is 0.344 e. The zero-order chi connectivity index (χ0) is 24.6. The molecule has 0 fully saturated rings. The van der Waals surface area contributed by atoms with Crippen LogP contribution in [0.1, 0.15) is 71.1 Å². The van der Waals surface area contributed by atoms with Crippen LogP contribution in [0.5, 0.6) is 11.5 Å². The maximum absolute atomic E-state index is 11.5. The number of hydrogen-bond acceptors (Lipinski definition) is 5. The number of rotatable bonds is 11. The summed E-state index contributed by atoms with van der Waals surface area (Å²) in [6.07, 6.45) is 1.34. The molecule has 1 atom stereocenters. The summed E-state index contributed by atoms with van der Waals surface area (Å²) >= 11 is 0. The van der Waals surface area contributed by atoms with Crippen LogP contribution in [-0.4, -0.2) is 37.0 Å². The van der Waals surface area contributed by atoms with E-state index in [0.29, 0.717) is 12.4 Å². The first kappa shape index (κ1) is 26.7. The van der Waals surface area contributed by atoms with Gasteiger partial charge in [-0.15, -0.1) is 0 Å². The molecule has 0 aliphatic carbocycles. The monoisotopic (exact) mass is 456 g/mol. The predicted octanol–water partition coefficient (Wildman–Crippen LogP) is 5.83. The zero-order valence-corrected chi connectivity index (χ0v) is 21.2. The Morgan fingerprint density at radius 1 is 0.939 bits per heavy atom. The third-order valence-electron chi connectivity index (χ3n) is 6.40. The lowest BCUT2D eigenvalue weighted by Crippen LogP contribution is -2.32. The molecular formula is C28H40O5. The minimum absolute atomic E-state index is 0.0928. The van der Waals surface area contributed by atoms with E-state index in [4.69, 9.17) is 14.2 Å². The summed E-state index contributed by atoms with van der Waals surface area (Å²) in [7, 11) is 0. The quantitative estimate of drug-likeness (QED) is 0.431. The van der Waals surface area contributed by atoms with Gasteiger partial charge in [-0.1, -0.05) is 58.9 Å². The minimum Gasteiger partial charge on any atom is -0.491 e. The highest BCUT2D eigenvalue weighted by Crippen LogP contribution is 2.40. The molecule has 0 bridgehead atoms. The summed E-state index contributed by atoms with van der Waals surface area (Å²) in [5.41, 5.74) is 3.11. The van der Waals surface area contributed by atoms with Crippen molar-refractivity contribution >= 4 is 5.97 Å². The van der Waals surface area contributed by atoms with Crippen molar-refractivity contribution in [3.63, 3.8) is 0 Å². The van der Waals surface area contributed by atoms with E-state index in [-0.39, 0.29) is 30.0 Å². The van der Waals surface area contributed by atoms with Crippen molar-refractivity contribution in [3.05, 3.63) is 59.2 Å². The Balaban J connectivity index is 2.22. The molecule has 0 spiro atoms. The Kier molecular flexibility index (Phi) is 9.35. The van der Waals surface area contributed by atoms with Crippen molar-refractivity contribution in [3.8, 4) is 11.5 Å². The lowest BCUT2D eigenvalue weighted by molar-refractivity contribution is -0.145. The van der Waals surface area contributed by atoms with Crippen molar-refractivity contribution in [1.82, 2.24) is 0 Å². The number of aryl methyl sites for hydroxylation is 1. The van der Waals surface area contributed by atoms with Gasteiger partial charge >= 0.3 is 5.97 Å². The molecule has 0 radical (unpaired) electrons. The van der Waals surface area contributed by atoms with Crippen molar-refractivity contribution in [2.75, 3.05) is 19.8 Å². The molecular weight excluding hydrogens is 416 g/mol. The van der Waals surface area contributed by atoms with Gasteiger partial charge in [0.1, 0.15) is 18.1 Å². The summed E-state index contributed by atoms with van der Waals surface area (Å²) in [6, 6.07) is 14.3. The number of hydrogen-bond donors (Lipinski definition) is 1. The average molecular weight is 457 g/mol. The fraction of sp³-hybridized carbons (Fsp3) is 0.536. The van der Waals surface area contributed by atoms with Crippen LogP contribution in [0.15, 0.2) is 42.5 Å². The van der Waals surface area contributed by atoms with Gasteiger partial charge in [0.2, 0.25) is 0 Å². The molecule has 5 heteroatoms. The summed E-state index contributed by atoms with van der Waals surface area (Å²) in [4.78, 5) is 11.5. The molecule has 2 aromatic carbocycles. The molecule has 33 heavy (non-hydrogen) atoms. The van der Waals surface area contributed by atoms with Crippen molar-refractivity contribution in [2.45, 2.75) is 72.8 Å². The third kappa shape index (κ3) is 6.73. The van der Waals surface area contributed by atoms with Crippen LogP contribution >= 0.6 is 0 Å². The van der Waals surface area contributed by atoms with Crippen LogP contribution in [0.4, 0.5) is 0 Å². The van der Waals surface area contributed by atoms with Gasteiger partial charge in [0, 0.05) is 5.41 Å². The van der Waals surface area contributed by atoms with E-state index in [1.165, 1.54) is 11.1 Å². The van der Waals surface area contributed by atoms with Crippen molar-refractivity contribution in [2.24, 2.45) is 5.41 Å². The van der Waals surface area contributed by atoms with Gasteiger partial charge in [-0.2, -0.15) is 0 Å². The number of ether oxygens (including phenoxy) is 3. The molecule has 0 aromatic heterocycles. The van der Waals surface area contributed by atoms with Crippen LogP contribution in [0.3, 0.4) is 0 Å². The summed E-state index contributed by atoms with van der Waals surface area (Å²) in [5, 5.41) is 10.3. The third-order valence-corrected chi connectivity index (χ3v) is 6.40. The fourth-order valence-corrected chi connectivity index (χ4v) is 3.98. The van der Waals surface area contributed by atoms with Crippen LogP contribution in [0, 0.1) is 12.3 Å². The molecule has 1 unspecified atom stereocenters. The SMILES string of the molecule is CCOC(=O)COc1ccc(C(CC)(CC)c2ccc(OCC(O)C(C)(C)C)c(C)c2)cc1. The lowest BCUT2D eigenvalue weighted by atomic mass is 9.70. The van der Waals surface area contributed by atoms with Gasteiger partial charge in [-0.25, -0.2) is 4.79 Å². The molecule has 2 rings (SSSR count). The number of carbonyl (C=O) groups is 1. The summed E-state index contributed by atoms with van der Waals surface area (Å²) in [6.45, 7) is 14.7. The van der Waals surface area contributed by atoms with E-state index < -0.39 is 6.10 Å². The maximum atomic E-state index is 11.5. The van der Waals surface area contributed by atoms with Gasteiger partial charge in [0.25, 0.3) is 0 Å². The molecule has 2 aromatic rings. The second-order valence-corrected chi connectivity index (χ2v) is 9.58. The molecule has 1 N–H and O–H groups in total. The van der Waals surface area contributed by atoms with Crippen molar-refractivity contribution in [1.29, 1.82) is 0 Å². The summed E-state index contributed by atoms with van der Waals surface area (Å²) < 4.78 is 16.4. The standard InChI is InChI=1S/C28H40O5/c1-8-28(9-2,21-11-14-23(15-12-21)32-19-26(30)31-10-3)22-13-16-24(20(4)17-22)33-18-25(29)27(5,6)7/h11-17,25,29H,8-10,18-19H2,1-7H3. The average Bonchev–Trinajstić information content (AvgIpc) is 2.78. The van der Waals surface area contributed by atoms with E-state index in [2.05, 4.69) is 38.1 Å². The highest BCUT2D eigenvalue weighted by molar-refractivity contribution is 5.71. The first-order valence-corrected chi connectivity index (χ1v) is 11.9. The largest absolute Gasteiger partial charge is 0.491 e. The lowest BCUT2D eigenvalue weighted by Gasteiger charge is -2.34. The number of benzene rings is 2. The molecule has 0 saturated heterocycles. The normalized spacial score (nSPS) is 12.8. The predicted molar refractivity (Wildman–Crippen MR) is 132 cm³/mol. The highest BCUT2D eigenvalue weighted by atomic mass is 16.6. The van der Waals surface area contributed by atoms with Gasteiger partial charge in [-0.3, -0.25) is 0 Å². The Morgan fingerprint density at radius 2 is 1.55 bits per heavy atom. The van der Waals surface area contributed by atoms with Gasteiger partial charge in [0.15, 0.2) is 6.61 Å².